The van der Waals surface area contributed by atoms with Crippen LogP contribution in [0.25, 0.3) is 0 Å². The molecule has 1 aliphatic carbocycles. The Kier molecular flexibility index (Phi) is 5.67. The summed E-state index contributed by atoms with van der Waals surface area (Å²) in [6.45, 7) is 3.20. The first-order valence-electron chi connectivity index (χ1n) is 8.33. The van der Waals surface area contributed by atoms with E-state index in [0.717, 1.165) is 37.5 Å². The average Bonchev–Trinajstić information content (AvgIpc) is 3.18. The smallest absolute Gasteiger partial charge is 0.273 e. The third-order valence-electron chi connectivity index (χ3n) is 4.54. The maximum absolute atomic E-state index is 12.1. The molecule has 1 saturated heterocycles. The lowest BCUT2D eigenvalue weighted by molar-refractivity contribution is -0.123. The van der Waals surface area contributed by atoms with Crippen molar-refractivity contribution in [1.82, 2.24) is 15.2 Å². The first-order valence-corrected chi connectivity index (χ1v) is 9.21. The summed E-state index contributed by atoms with van der Waals surface area (Å²) in [6.07, 6.45) is 8.89. The van der Waals surface area contributed by atoms with Crippen molar-refractivity contribution in [1.29, 1.82) is 0 Å². The highest BCUT2D eigenvalue weighted by Crippen LogP contribution is 2.20. The minimum atomic E-state index is 0.188. The molecule has 3 rings (SSSR count). The van der Waals surface area contributed by atoms with Crippen molar-refractivity contribution in [3.05, 3.63) is 11.6 Å². The van der Waals surface area contributed by atoms with Gasteiger partial charge in [0.25, 0.3) is 5.19 Å². The molecule has 1 amide bonds. The molecule has 6 heteroatoms. The molecular formula is C16H25N3O2S. The van der Waals surface area contributed by atoms with E-state index in [1.165, 1.54) is 30.6 Å². The molecule has 1 aromatic rings. The van der Waals surface area contributed by atoms with E-state index < -0.39 is 0 Å². The van der Waals surface area contributed by atoms with Crippen LogP contribution in [0.15, 0.2) is 11.6 Å². The van der Waals surface area contributed by atoms with Gasteiger partial charge in [-0.05, 0) is 32.2 Å². The first kappa shape index (κ1) is 15.7. The predicted molar refractivity (Wildman–Crippen MR) is 87.2 cm³/mol. The molecule has 1 unspecified atom stereocenters. The zero-order chi connectivity index (χ0) is 15.2. The number of nitrogens with one attached hydrogen (secondary N) is 1. The molecule has 1 aromatic heterocycles. The van der Waals surface area contributed by atoms with Gasteiger partial charge in [-0.15, -0.1) is 0 Å². The van der Waals surface area contributed by atoms with Crippen molar-refractivity contribution >= 4 is 17.2 Å². The fourth-order valence-electron chi connectivity index (χ4n) is 3.45. The lowest BCUT2D eigenvalue weighted by atomic mass is 9.99. The Hall–Kier alpha value is -1.14. The monoisotopic (exact) mass is 323 g/mol. The van der Waals surface area contributed by atoms with Gasteiger partial charge in [-0.1, -0.05) is 24.2 Å². The van der Waals surface area contributed by atoms with Gasteiger partial charge in [0.05, 0.1) is 13.2 Å². The topological polar surface area (TPSA) is 54.5 Å². The van der Waals surface area contributed by atoms with Crippen molar-refractivity contribution < 1.29 is 9.53 Å². The largest absolute Gasteiger partial charge is 0.470 e. The molecule has 0 radical (unpaired) electrons. The van der Waals surface area contributed by atoms with Gasteiger partial charge in [0, 0.05) is 30.1 Å². The van der Waals surface area contributed by atoms with Gasteiger partial charge in [0.15, 0.2) is 0 Å². The van der Waals surface area contributed by atoms with Gasteiger partial charge >= 0.3 is 0 Å². The third-order valence-corrected chi connectivity index (χ3v) is 5.23. The van der Waals surface area contributed by atoms with Crippen molar-refractivity contribution in [2.45, 2.75) is 44.6 Å². The first-order chi connectivity index (χ1) is 10.8. The van der Waals surface area contributed by atoms with Crippen LogP contribution in [0.1, 0.15) is 38.5 Å². The van der Waals surface area contributed by atoms with E-state index in [-0.39, 0.29) is 5.91 Å². The number of rotatable bonds is 6. The summed E-state index contributed by atoms with van der Waals surface area (Å²) in [7, 11) is 0. The zero-order valence-corrected chi connectivity index (χ0v) is 13.8. The maximum atomic E-state index is 12.1. The van der Waals surface area contributed by atoms with Crippen LogP contribution < -0.4 is 10.1 Å². The fourth-order valence-corrected chi connectivity index (χ4v) is 3.94. The highest BCUT2D eigenvalue weighted by Gasteiger charge is 2.24. The number of nitrogens with zero attached hydrogens (tertiary/aromatic N) is 2. The number of hydrogen-bond acceptors (Lipinski definition) is 5. The predicted octanol–water partition coefficient (Wildman–Crippen LogP) is 2.29. The van der Waals surface area contributed by atoms with Gasteiger partial charge in [0.2, 0.25) is 5.91 Å². The third kappa shape index (κ3) is 4.68. The van der Waals surface area contributed by atoms with Crippen molar-refractivity contribution in [3.8, 4) is 5.19 Å². The molecule has 22 heavy (non-hydrogen) atoms. The number of carbonyl (C=O) groups is 1. The van der Waals surface area contributed by atoms with E-state index in [2.05, 4.69) is 15.2 Å². The standard InChI is InChI=1S/C16H25N3O2S/c20-15(18-14-5-1-2-6-14)11-19-8-3-4-13(10-19)12-21-16-17-7-9-22-16/h7,9,13-14H,1-6,8,10-12H2,(H,18,20). The van der Waals surface area contributed by atoms with Crippen LogP contribution in [0.3, 0.4) is 0 Å². The van der Waals surface area contributed by atoms with E-state index in [1.54, 1.807) is 6.20 Å². The molecule has 0 aromatic carbocycles. The summed E-state index contributed by atoms with van der Waals surface area (Å²) in [6, 6.07) is 0.418. The Morgan fingerprint density at radius 3 is 3.00 bits per heavy atom. The number of hydrogen-bond donors (Lipinski definition) is 1. The molecule has 1 atom stereocenters. The van der Waals surface area contributed by atoms with Gasteiger partial charge in [-0.2, -0.15) is 0 Å². The lowest BCUT2D eigenvalue weighted by Gasteiger charge is -2.32. The average molecular weight is 323 g/mol. The van der Waals surface area contributed by atoms with E-state index in [1.807, 2.05) is 5.38 Å². The van der Waals surface area contributed by atoms with Crippen LogP contribution in [-0.4, -0.2) is 48.1 Å². The second-order valence-electron chi connectivity index (χ2n) is 6.40. The van der Waals surface area contributed by atoms with Crippen molar-refractivity contribution in [2.24, 2.45) is 5.92 Å². The molecule has 5 nitrogen and oxygen atoms in total. The number of ether oxygens (including phenoxy) is 1. The number of aromatic nitrogens is 1. The molecule has 2 fully saturated rings. The Morgan fingerprint density at radius 2 is 2.23 bits per heavy atom. The van der Waals surface area contributed by atoms with E-state index in [4.69, 9.17) is 4.74 Å². The summed E-state index contributed by atoms with van der Waals surface area (Å²) in [5.74, 6) is 0.685. The molecule has 2 heterocycles. The molecule has 2 aliphatic rings. The van der Waals surface area contributed by atoms with Gasteiger partial charge in [-0.25, -0.2) is 4.98 Å². The van der Waals surface area contributed by atoms with E-state index >= 15 is 0 Å². The Labute approximate surface area is 136 Å². The van der Waals surface area contributed by atoms with Crippen LogP contribution in [-0.2, 0) is 4.79 Å². The highest BCUT2D eigenvalue weighted by molar-refractivity contribution is 7.11. The lowest BCUT2D eigenvalue weighted by Crippen LogP contribution is -2.45. The maximum Gasteiger partial charge on any atom is 0.273 e. The minimum Gasteiger partial charge on any atom is -0.470 e. The normalized spacial score (nSPS) is 23.5. The van der Waals surface area contributed by atoms with Crippen LogP contribution in [0.2, 0.25) is 0 Å². The quantitative estimate of drug-likeness (QED) is 0.873. The fraction of sp³-hybridized carbons (Fsp3) is 0.750. The summed E-state index contributed by atoms with van der Waals surface area (Å²) in [4.78, 5) is 18.5. The minimum absolute atomic E-state index is 0.188. The molecule has 1 N–H and O–H groups in total. The zero-order valence-electron chi connectivity index (χ0n) is 13.0. The summed E-state index contributed by atoms with van der Waals surface area (Å²) >= 11 is 1.53. The molecule has 0 spiro atoms. The Bertz CT molecular complexity index is 460. The van der Waals surface area contributed by atoms with Crippen LogP contribution in [0, 0.1) is 5.92 Å². The van der Waals surface area contributed by atoms with Gasteiger partial charge in [-0.3, -0.25) is 9.69 Å². The molecule has 0 bridgehead atoms. The highest BCUT2D eigenvalue weighted by atomic mass is 32.1. The molecule has 1 saturated carbocycles. The van der Waals surface area contributed by atoms with E-state index in [9.17, 15) is 4.79 Å². The Balaban J connectivity index is 1.39. The SMILES string of the molecule is O=C(CN1CCCC(COc2nccs2)C1)NC1CCCC1. The van der Waals surface area contributed by atoms with E-state index in [0.29, 0.717) is 25.1 Å². The van der Waals surface area contributed by atoms with Gasteiger partial charge in [0.1, 0.15) is 0 Å². The Morgan fingerprint density at radius 1 is 1.36 bits per heavy atom. The van der Waals surface area contributed by atoms with Crippen molar-refractivity contribution in [3.63, 3.8) is 0 Å². The number of thiazole rings is 1. The summed E-state index contributed by atoms with van der Waals surface area (Å²) < 4.78 is 5.73. The van der Waals surface area contributed by atoms with Crippen LogP contribution in [0.5, 0.6) is 5.19 Å². The van der Waals surface area contributed by atoms with Crippen LogP contribution in [0.4, 0.5) is 0 Å². The molecule has 1 aliphatic heterocycles. The summed E-state index contributed by atoms with van der Waals surface area (Å²) in [5, 5.41) is 5.85. The summed E-state index contributed by atoms with van der Waals surface area (Å²) in [5.41, 5.74) is 0. The number of piperidine rings is 1. The second-order valence-corrected chi connectivity index (χ2v) is 7.26. The van der Waals surface area contributed by atoms with Crippen molar-refractivity contribution in [2.75, 3.05) is 26.2 Å². The molecule has 122 valence electrons. The molecular weight excluding hydrogens is 298 g/mol. The van der Waals surface area contributed by atoms with Crippen LogP contribution >= 0.6 is 11.3 Å². The van der Waals surface area contributed by atoms with Gasteiger partial charge < -0.3 is 10.1 Å². The second kappa shape index (κ2) is 7.92. The number of likely N-dealkylation sites (tertiary alicyclic amines) is 1. The number of amides is 1. The number of carbonyl (C=O) groups excluding carboxylic acids is 1.